The Morgan fingerprint density at radius 3 is 2.32 bits per heavy atom. The first-order valence-electron chi connectivity index (χ1n) is 6.44. The monoisotopic (exact) mass is 256 g/mol. The molecule has 1 N–H and O–H groups in total. The number of pyridine rings is 1. The highest BCUT2D eigenvalue weighted by atomic mass is 16.3. The summed E-state index contributed by atoms with van der Waals surface area (Å²) in [6.07, 6.45) is 0. The fourth-order valence-electron chi connectivity index (χ4n) is 2.00. The second-order valence-corrected chi connectivity index (χ2v) is 4.91. The number of aliphatic hydroxyl groups excluding tert-OH is 1. The van der Waals surface area contributed by atoms with Crippen LogP contribution in [0.25, 0.3) is 0 Å². The lowest BCUT2D eigenvalue weighted by atomic mass is 10.1. The molecule has 3 nitrogen and oxygen atoms in total. The van der Waals surface area contributed by atoms with Crippen molar-refractivity contribution in [1.82, 2.24) is 4.98 Å². The summed E-state index contributed by atoms with van der Waals surface area (Å²) in [7, 11) is 2.03. The third kappa shape index (κ3) is 3.32. The van der Waals surface area contributed by atoms with Gasteiger partial charge in [-0.25, -0.2) is 4.98 Å². The summed E-state index contributed by atoms with van der Waals surface area (Å²) in [5.41, 5.74) is 4.30. The van der Waals surface area contributed by atoms with Crippen molar-refractivity contribution in [1.29, 1.82) is 0 Å². The molecule has 1 aromatic heterocycles. The van der Waals surface area contributed by atoms with Gasteiger partial charge in [0.15, 0.2) is 0 Å². The molecule has 0 unspecified atom stereocenters. The minimum atomic E-state index is 0.0425. The molecule has 0 bridgehead atoms. The Hall–Kier alpha value is -1.87. The van der Waals surface area contributed by atoms with Gasteiger partial charge >= 0.3 is 0 Å². The van der Waals surface area contributed by atoms with Crippen molar-refractivity contribution in [2.75, 3.05) is 11.9 Å². The summed E-state index contributed by atoms with van der Waals surface area (Å²) < 4.78 is 0. The Balaban J connectivity index is 2.13. The summed E-state index contributed by atoms with van der Waals surface area (Å²) in [6.45, 7) is 4.88. The molecule has 0 spiro atoms. The molecular weight excluding hydrogens is 236 g/mol. The maximum atomic E-state index is 9.16. The van der Waals surface area contributed by atoms with Crippen molar-refractivity contribution in [3.05, 3.63) is 58.8 Å². The second kappa shape index (κ2) is 5.85. The summed E-state index contributed by atoms with van der Waals surface area (Å²) in [4.78, 5) is 6.63. The Labute approximate surface area is 114 Å². The zero-order chi connectivity index (χ0) is 13.8. The zero-order valence-electron chi connectivity index (χ0n) is 11.7. The van der Waals surface area contributed by atoms with E-state index in [0.717, 1.165) is 23.6 Å². The van der Waals surface area contributed by atoms with Crippen LogP contribution in [0.4, 0.5) is 5.82 Å². The van der Waals surface area contributed by atoms with Crippen LogP contribution in [-0.2, 0) is 13.2 Å². The van der Waals surface area contributed by atoms with E-state index in [9.17, 15) is 0 Å². The molecule has 0 aliphatic carbocycles. The molecule has 100 valence electrons. The van der Waals surface area contributed by atoms with Gasteiger partial charge in [0.25, 0.3) is 0 Å². The molecule has 2 aromatic rings. The number of nitrogens with zero attached hydrogens (tertiary/aromatic N) is 2. The van der Waals surface area contributed by atoms with Crippen molar-refractivity contribution in [2.45, 2.75) is 27.0 Å². The summed E-state index contributed by atoms with van der Waals surface area (Å²) in [5, 5.41) is 9.16. The number of benzene rings is 1. The highest BCUT2D eigenvalue weighted by Gasteiger charge is 2.06. The average Bonchev–Trinajstić information content (AvgIpc) is 2.41. The quantitative estimate of drug-likeness (QED) is 0.913. The molecule has 0 saturated heterocycles. The van der Waals surface area contributed by atoms with E-state index in [-0.39, 0.29) is 6.61 Å². The highest BCUT2D eigenvalue weighted by molar-refractivity contribution is 5.41. The van der Waals surface area contributed by atoms with Gasteiger partial charge < -0.3 is 10.0 Å². The van der Waals surface area contributed by atoms with Gasteiger partial charge in [-0.05, 0) is 31.0 Å². The fraction of sp³-hybridized carbons (Fsp3) is 0.312. The summed E-state index contributed by atoms with van der Waals surface area (Å²) >= 11 is 0. The Morgan fingerprint density at radius 2 is 1.74 bits per heavy atom. The molecule has 1 heterocycles. The highest BCUT2D eigenvalue weighted by Crippen LogP contribution is 2.16. The predicted molar refractivity (Wildman–Crippen MR) is 78.2 cm³/mol. The smallest absolute Gasteiger partial charge is 0.128 e. The van der Waals surface area contributed by atoms with Gasteiger partial charge in [-0.3, -0.25) is 0 Å². The van der Waals surface area contributed by atoms with Crippen LogP contribution in [0.5, 0.6) is 0 Å². The zero-order valence-corrected chi connectivity index (χ0v) is 11.7. The van der Waals surface area contributed by atoms with Crippen LogP contribution < -0.4 is 4.90 Å². The van der Waals surface area contributed by atoms with E-state index in [1.807, 2.05) is 26.1 Å². The molecule has 19 heavy (non-hydrogen) atoms. The standard InChI is InChI=1S/C16H20N2O/c1-12-4-6-14(7-5-12)10-18(3)16-9-8-15(11-19)13(2)17-16/h4-9,19H,10-11H2,1-3H3. The molecule has 0 amide bonds. The van der Waals surface area contributed by atoms with Crippen LogP contribution in [0.1, 0.15) is 22.4 Å². The van der Waals surface area contributed by atoms with Crippen molar-refractivity contribution < 1.29 is 5.11 Å². The minimum absolute atomic E-state index is 0.0425. The molecule has 0 saturated carbocycles. The number of anilines is 1. The van der Waals surface area contributed by atoms with Crippen molar-refractivity contribution in [3.63, 3.8) is 0 Å². The fourth-order valence-corrected chi connectivity index (χ4v) is 2.00. The molecule has 1 aromatic carbocycles. The van der Waals surface area contributed by atoms with Gasteiger partial charge in [-0.2, -0.15) is 0 Å². The molecule has 0 radical (unpaired) electrons. The topological polar surface area (TPSA) is 36.4 Å². The summed E-state index contributed by atoms with van der Waals surface area (Å²) in [6, 6.07) is 12.4. The molecule has 0 atom stereocenters. The molecule has 0 aliphatic rings. The number of hydrogen-bond acceptors (Lipinski definition) is 3. The van der Waals surface area contributed by atoms with Gasteiger partial charge in [0.05, 0.1) is 6.61 Å². The molecule has 0 aliphatic heterocycles. The van der Waals surface area contributed by atoms with E-state index in [1.165, 1.54) is 11.1 Å². The van der Waals surface area contributed by atoms with E-state index in [0.29, 0.717) is 0 Å². The third-order valence-electron chi connectivity index (χ3n) is 3.28. The van der Waals surface area contributed by atoms with Crippen LogP contribution in [0, 0.1) is 13.8 Å². The molecule has 3 heteroatoms. The van der Waals surface area contributed by atoms with Crippen molar-refractivity contribution >= 4 is 5.82 Å². The predicted octanol–water partition coefficient (Wildman–Crippen LogP) is 2.83. The largest absolute Gasteiger partial charge is 0.392 e. The van der Waals surface area contributed by atoms with E-state index in [2.05, 4.69) is 41.1 Å². The van der Waals surface area contributed by atoms with Crippen LogP contribution in [0.2, 0.25) is 0 Å². The lowest BCUT2D eigenvalue weighted by molar-refractivity contribution is 0.280. The van der Waals surface area contributed by atoms with Gasteiger partial charge in [-0.1, -0.05) is 35.9 Å². The van der Waals surface area contributed by atoms with Crippen molar-refractivity contribution in [3.8, 4) is 0 Å². The van der Waals surface area contributed by atoms with Gasteiger partial charge in [-0.15, -0.1) is 0 Å². The first kappa shape index (κ1) is 13.6. The maximum absolute atomic E-state index is 9.16. The number of aryl methyl sites for hydroxylation is 2. The number of aliphatic hydroxyl groups is 1. The Kier molecular flexibility index (Phi) is 4.17. The van der Waals surface area contributed by atoms with E-state index in [4.69, 9.17) is 5.11 Å². The maximum Gasteiger partial charge on any atom is 0.128 e. The Morgan fingerprint density at radius 1 is 1.05 bits per heavy atom. The normalized spacial score (nSPS) is 10.5. The van der Waals surface area contributed by atoms with Crippen LogP contribution >= 0.6 is 0 Å². The number of hydrogen-bond donors (Lipinski definition) is 1. The SMILES string of the molecule is Cc1ccc(CN(C)c2ccc(CO)c(C)n2)cc1. The molecular formula is C16H20N2O. The lowest BCUT2D eigenvalue weighted by Crippen LogP contribution is -2.18. The van der Waals surface area contributed by atoms with E-state index >= 15 is 0 Å². The van der Waals surface area contributed by atoms with Crippen LogP contribution in [0.15, 0.2) is 36.4 Å². The second-order valence-electron chi connectivity index (χ2n) is 4.91. The lowest BCUT2D eigenvalue weighted by Gasteiger charge is -2.19. The van der Waals surface area contributed by atoms with E-state index in [1.54, 1.807) is 0 Å². The first-order chi connectivity index (χ1) is 9.10. The molecule has 2 rings (SSSR count). The minimum Gasteiger partial charge on any atom is -0.392 e. The van der Waals surface area contributed by atoms with Crippen LogP contribution in [-0.4, -0.2) is 17.1 Å². The van der Waals surface area contributed by atoms with Gasteiger partial charge in [0.2, 0.25) is 0 Å². The molecule has 0 fully saturated rings. The van der Waals surface area contributed by atoms with E-state index < -0.39 is 0 Å². The third-order valence-corrected chi connectivity index (χ3v) is 3.28. The average molecular weight is 256 g/mol. The summed E-state index contributed by atoms with van der Waals surface area (Å²) in [5.74, 6) is 0.926. The van der Waals surface area contributed by atoms with Crippen LogP contribution in [0.3, 0.4) is 0 Å². The Bertz CT molecular complexity index is 549. The number of aromatic nitrogens is 1. The van der Waals surface area contributed by atoms with Crippen molar-refractivity contribution in [2.24, 2.45) is 0 Å². The van der Waals surface area contributed by atoms with Gasteiger partial charge in [0, 0.05) is 19.3 Å². The number of rotatable bonds is 4. The van der Waals surface area contributed by atoms with Gasteiger partial charge in [0.1, 0.15) is 5.82 Å². The first-order valence-corrected chi connectivity index (χ1v) is 6.44.